The number of aromatic nitrogens is 2. The fraction of sp³-hybridized carbons (Fsp3) is 0.429. The lowest BCUT2D eigenvalue weighted by Gasteiger charge is -2.34. The Kier molecular flexibility index (Phi) is 5.63. The molecule has 0 bridgehead atoms. The van der Waals surface area contributed by atoms with Gasteiger partial charge >= 0.3 is 0 Å². The van der Waals surface area contributed by atoms with Gasteiger partial charge in [0.05, 0.1) is 0 Å². The van der Waals surface area contributed by atoms with E-state index in [-0.39, 0.29) is 22.9 Å². The number of hydrogen-bond acceptors (Lipinski definition) is 5. The average molecular weight is 381 g/mol. The first-order chi connectivity index (χ1) is 13.3. The first kappa shape index (κ1) is 19.8. The van der Waals surface area contributed by atoms with Gasteiger partial charge in [-0.3, -0.25) is 9.59 Å². The Labute approximate surface area is 165 Å². The van der Waals surface area contributed by atoms with Gasteiger partial charge in [-0.15, -0.1) is 10.2 Å². The first-order valence-electron chi connectivity index (χ1n) is 9.51. The first-order valence-corrected chi connectivity index (χ1v) is 9.51. The number of carbonyl (C=O) groups is 2. The number of benzene rings is 1. The molecule has 0 aliphatic carbocycles. The van der Waals surface area contributed by atoms with Crippen molar-refractivity contribution in [2.45, 2.75) is 33.1 Å². The number of para-hydroxylation sites is 1. The Bertz CT molecular complexity index is 850. The highest BCUT2D eigenvalue weighted by Gasteiger charge is 2.21. The van der Waals surface area contributed by atoms with E-state index in [1.807, 2.05) is 29.2 Å². The highest BCUT2D eigenvalue weighted by atomic mass is 16.2. The Morgan fingerprint density at radius 2 is 1.64 bits per heavy atom. The number of nitrogens with zero attached hydrogens (tertiary/aromatic N) is 4. The molecular weight excluding hydrogens is 354 g/mol. The maximum atomic E-state index is 12.6. The van der Waals surface area contributed by atoms with Gasteiger partial charge in [-0.2, -0.15) is 0 Å². The molecular formula is C21H27N5O2. The number of nitrogens with one attached hydrogen (secondary N) is 1. The molecule has 7 heteroatoms. The molecule has 7 nitrogen and oxygen atoms in total. The zero-order valence-electron chi connectivity index (χ0n) is 16.9. The fourth-order valence-corrected chi connectivity index (χ4v) is 3.30. The molecule has 1 fully saturated rings. The van der Waals surface area contributed by atoms with Crippen molar-refractivity contribution in [3.05, 3.63) is 47.7 Å². The molecule has 148 valence electrons. The summed E-state index contributed by atoms with van der Waals surface area (Å²) in [5.41, 5.74) is 2.04. The van der Waals surface area contributed by atoms with Crippen molar-refractivity contribution in [1.29, 1.82) is 0 Å². The monoisotopic (exact) mass is 381 g/mol. The second-order valence-electron chi connectivity index (χ2n) is 8.02. The molecule has 2 amide bonds. The fourth-order valence-electron chi connectivity index (χ4n) is 3.30. The van der Waals surface area contributed by atoms with Crippen molar-refractivity contribution >= 4 is 23.3 Å². The van der Waals surface area contributed by atoms with Crippen LogP contribution in [0.4, 0.5) is 11.5 Å². The van der Waals surface area contributed by atoms with Crippen LogP contribution in [-0.4, -0.2) is 53.1 Å². The molecule has 2 heterocycles. The van der Waals surface area contributed by atoms with Gasteiger partial charge in [0, 0.05) is 38.8 Å². The zero-order valence-corrected chi connectivity index (χ0v) is 16.9. The summed E-state index contributed by atoms with van der Waals surface area (Å²) in [7, 11) is 0. The summed E-state index contributed by atoms with van der Waals surface area (Å²) in [6.45, 7) is 10.7. The molecule has 0 spiro atoms. The number of rotatable bonds is 3. The zero-order chi connectivity index (χ0) is 20.3. The van der Waals surface area contributed by atoms with E-state index in [1.54, 1.807) is 19.1 Å². The van der Waals surface area contributed by atoms with E-state index in [2.05, 4.69) is 41.2 Å². The van der Waals surface area contributed by atoms with Crippen LogP contribution in [0.15, 0.2) is 36.4 Å². The van der Waals surface area contributed by atoms with Crippen LogP contribution in [0.25, 0.3) is 0 Å². The quantitative estimate of drug-likeness (QED) is 0.884. The molecule has 1 aliphatic rings. The maximum absolute atomic E-state index is 12.6. The van der Waals surface area contributed by atoms with E-state index in [1.165, 1.54) is 0 Å². The molecule has 0 unspecified atom stereocenters. The SMILES string of the molecule is CC(=O)N1CCN(c2ccc(C(=O)Nc3ccccc3C(C)(C)C)nn2)CC1. The van der Waals surface area contributed by atoms with Gasteiger partial charge in [0.25, 0.3) is 5.91 Å². The molecule has 1 aromatic carbocycles. The molecule has 1 aliphatic heterocycles. The molecule has 3 rings (SSSR count). The Hall–Kier alpha value is -2.96. The predicted molar refractivity (Wildman–Crippen MR) is 110 cm³/mol. The normalized spacial score (nSPS) is 14.7. The summed E-state index contributed by atoms with van der Waals surface area (Å²) >= 11 is 0. The number of carbonyl (C=O) groups excluding carboxylic acids is 2. The molecule has 0 radical (unpaired) electrons. The smallest absolute Gasteiger partial charge is 0.276 e. The van der Waals surface area contributed by atoms with Crippen LogP contribution in [0, 0.1) is 0 Å². The molecule has 1 aromatic heterocycles. The number of amides is 2. The summed E-state index contributed by atoms with van der Waals surface area (Å²) in [5.74, 6) is 0.528. The summed E-state index contributed by atoms with van der Waals surface area (Å²) < 4.78 is 0. The lowest BCUT2D eigenvalue weighted by atomic mass is 9.86. The van der Waals surface area contributed by atoms with Crippen molar-refractivity contribution in [3.8, 4) is 0 Å². The van der Waals surface area contributed by atoms with Crippen LogP contribution in [0.5, 0.6) is 0 Å². The Balaban J connectivity index is 1.68. The highest BCUT2D eigenvalue weighted by molar-refractivity contribution is 6.03. The van der Waals surface area contributed by atoms with E-state index in [0.717, 1.165) is 17.1 Å². The van der Waals surface area contributed by atoms with Crippen molar-refractivity contribution < 1.29 is 9.59 Å². The molecule has 2 aromatic rings. The van der Waals surface area contributed by atoms with Gasteiger partial charge in [0.1, 0.15) is 0 Å². The summed E-state index contributed by atoms with van der Waals surface area (Å²) in [4.78, 5) is 28.0. The summed E-state index contributed by atoms with van der Waals surface area (Å²) in [5, 5.41) is 11.3. The third-order valence-electron chi connectivity index (χ3n) is 4.92. The van der Waals surface area contributed by atoms with Gasteiger partial charge < -0.3 is 15.1 Å². The van der Waals surface area contributed by atoms with Crippen LogP contribution in [-0.2, 0) is 10.2 Å². The standard InChI is InChI=1S/C21H27N5O2/c1-15(27)25-11-13-26(14-12-25)19-10-9-18(23-24-19)20(28)22-17-8-6-5-7-16(17)21(2,3)4/h5-10H,11-14H2,1-4H3,(H,22,28). The molecule has 28 heavy (non-hydrogen) atoms. The van der Waals surface area contributed by atoms with Crippen LogP contribution in [0.1, 0.15) is 43.7 Å². The van der Waals surface area contributed by atoms with Crippen molar-refractivity contribution in [3.63, 3.8) is 0 Å². The van der Waals surface area contributed by atoms with E-state index >= 15 is 0 Å². The largest absolute Gasteiger partial charge is 0.352 e. The lowest BCUT2D eigenvalue weighted by molar-refractivity contribution is -0.129. The van der Waals surface area contributed by atoms with Gasteiger partial charge in [-0.05, 0) is 29.2 Å². The molecule has 0 saturated carbocycles. The maximum Gasteiger partial charge on any atom is 0.276 e. The molecule has 1 saturated heterocycles. The lowest BCUT2D eigenvalue weighted by Crippen LogP contribution is -2.48. The van der Waals surface area contributed by atoms with E-state index in [9.17, 15) is 9.59 Å². The topological polar surface area (TPSA) is 78.4 Å². The van der Waals surface area contributed by atoms with Crippen LogP contribution >= 0.6 is 0 Å². The van der Waals surface area contributed by atoms with Crippen molar-refractivity contribution in [2.75, 3.05) is 36.4 Å². The van der Waals surface area contributed by atoms with Crippen LogP contribution in [0.2, 0.25) is 0 Å². The molecule has 0 atom stereocenters. The van der Waals surface area contributed by atoms with Crippen molar-refractivity contribution in [2.24, 2.45) is 0 Å². The second-order valence-corrected chi connectivity index (χ2v) is 8.02. The van der Waals surface area contributed by atoms with Gasteiger partial charge in [-0.1, -0.05) is 39.0 Å². The van der Waals surface area contributed by atoms with Gasteiger partial charge in [-0.25, -0.2) is 0 Å². The predicted octanol–water partition coefficient (Wildman–Crippen LogP) is 2.69. The van der Waals surface area contributed by atoms with E-state index in [0.29, 0.717) is 26.2 Å². The average Bonchev–Trinajstić information content (AvgIpc) is 2.68. The van der Waals surface area contributed by atoms with Gasteiger partial charge in [0.2, 0.25) is 5.91 Å². The third kappa shape index (κ3) is 4.47. The second kappa shape index (κ2) is 7.96. The van der Waals surface area contributed by atoms with Crippen LogP contribution in [0.3, 0.4) is 0 Å². The van der Waals surface area contributed by atoms with Crippen molar-refractivity contribution in [1.82, 2.24) is 15.1 Å². The summed E-state index contributed by atoms with van der Waals surface area (Å²) in [6.07, 6.45) is 0. The Morgan fingerprint density at radius 3 is 2.21 bits per heavy atom. The van der Waals surface area contributed by atoms with E-state index < -0.39 is 0 Å². The van der Waals surface area contributed by atoms with Gasteiger partial charge in [0.15, 0.2) is 11.5 Å². The number of piperazine rings is 1. The third-order valence-corrected chi connectivity index (χ3v) is 4.92. The van der Waals surface area contributed by atoms with E-state index in [4.69, 9.17) is 0 Å². The highest BCUT2D eigenvalue weighted by Crippen LogP contribution is 2.29. The minimum Gasteiger partial charge on any atom is -0.352 e. The minimum atomic E-state index is -0.280. The minimum absolute atomic E-state index is 0.0819. The number of hydrogen-bond donors (Lipinski definition) is 1. The number of anilines is 2. The summed E-state index contributed by atoms with van der Waals surface area (Å²) in [6, 6.07) is 11.3. The Morgan fingerprint density at radius 1 is 0.964 bits per heavy atom. The molecule has 1 N–H and O–H groups in total. The van der Waals surface area contributed by atoms with Crippen LogP contribution < -0.4 is 10.2 Å².